The number of benzene rings is 1. The molecule has 1 aliphatic rings. The van der Waals surface area contributed by atoms with Crippen molar-refractivity contribution in [3.05, 3.63) is 42.2 Å². The van der Waals surface area contributed by atoms with Crippen LogP contribution in [0.2, 0.25) is 0 Å². The summed E-state index contributed by atoms with van der Waals surface area (Å²) in [7, 11) is -4.01. The molecule has 1 aliphatic heterocycles. The molecule has 1 saturated heterocycles. The van der Waals surface area contributed by atoms with Gasteiger partial charge in [-0.1, -0.05) is 18.9 Å². The lowest BCUT2D eigenvalue weighted by molar-refractivity contribution is 0.0761. The molecule has 0 spiro atoms. The molecule has 0 unspecified atom stereocenters. The average Bonchev–Trinajstić information content (AvgIpc) is 2.82. The Balaban J connectivity index is 2.28. The predicted molar refractivity (Wildman–Crippen MR) is 86.2 cm³/mol. The number of hydrogen-bond acceptors (Lipinski definition) is 3. The quantitative estimate of drug-likeness (QED) is 0.837. The molecule has 1 amide bonds. The van der Waals surface area contributed by atoms with Crippen LogP contribution in [0.5, 0.6) is 0 Å². The highest BCUT2D eigenvalue weighted by atomic mass is 32.2. The van der Waals surface area contributed by atoms with E-state index in [-0.39, 0.29) is 18.0 Å². The van der Waals surface area contributed by atoms with Crippen LogP contribution in [0.3, 0.4) is 0 Å². The third-order valence-electron chi connectivity index (χ3n) is 3.78. The zero-order valence-corrected chi connectivity index (χ0v) is 13.7. The first-order valence-electron chi connectivity index (χ1n) is 7.65. The number of likely N-dealkylation sites (tertiary alicyclic amines) is 1. The first kappa shape index (κ1) is 17.6. The van der Waals surface area contributed by atoms with E-state index in [0.717, 1.165) is 37.8 Å². The first-order chi connectivity index (χ1) is 11.0. The van der Waals surface area contributed by atoms with E-state index in [2.05, 4.69) is 11.3 Å². The fraction of sp³-hybridized carbons (Fsp3) is 0.438. The van der Waals surface area contributed by atoms with Crippen molar-refractivity contribution in [1.29, 1.82) is 0 Å². The standard InChI is InChI=1S/C16H21FN2O3S/c1-2-9-18-23(21,22)15-12-13(7-8-14(15)17)16(20)19-10-5-3-4-6-11-19/h2,7-8,12,18H,1,3-6,9-11H2. The minimum atomic E-state index is -4.01. The minimum Gasteiger partial charge on any atom is -0.339 e. The molecule has 0 radical (unpaired) electrons. The monoisotopic (exact) mass is 340 g/mol. The van der Waals surface area contributed by atoms with Crippen molar-refractivity contribution in [3.63, 3.8) is 0 Å². The number of nitrogens with zero attached hydrogens (tertiary/aromatic N) is 1. The lowest BCUT2D eigenvalue weighted by Crippen LogP contribution is -2.32. The molecule has 1 fully saturated rings. The van der Waals surface area contributed by atoms with E-state index in [1.165, 1.54) is 12.1 Å². The van der Waals surface area contributed by atoms with E-state index in [1.54, 1.807) is 4.90 Å². The first-order valence-corrected chi connectivity index (χ1v) is 9.13. The molecule has 0 atom stereocenters. The fourth-order valence-electron chi connectivity index (χ4n) is 2.55. The van der Waals surface area contributed by atoms with Gasteiger partial charge in [-0.25, -0.2) is 17.5 Å². The molecule has 7 heteroatoms. The highest BCUT2D eigenvalue weighted by Crippen LogP contribution is 2.19. The Morgan fingerprint density at radius 2 is 1.91 bits per heavy atom. The Kier molecular flexibility index (Phi) is 5.90. The summed E-state index contributed by atoms with van der Waals surface area (Å²) in [6.07, 6.45) is 5.39. The third kappa shape index (κ3) is 4.39. The third-order valence-corrected chi connectivity index (χ3v) is 5.22. The van der Waals surface area contributed by atoms with Crippen molar-refractivity contribution in [2.45, 2.75) is 30.6 Å². The van der Waals surface area contributed by atoms with Crippen molar-refractivity contribution in [1.82, 2.24) is 9.62 Å². The van der Waals surface area contributed by atoms with Crippen LogP contribution < -0.4 is 4.72 Å². The number of nitrogens with one attached hydrogen (secondary N) is 1. The number of carbonyl (C=O) groups excluding carboxylic acids is 1. The second kappa shape index (κ2) is 7.70. The summed E-state index contributed by atoms with van der Waals surface area (Å²) in [5.74, 6) is -1.14. The zero-order valence-electron chi connectivity index (χ0n) is 12.9. The molecule has 1 aromatic rings. The van der Waals surface area contributed by atoms with Gasteiger partial charge >= 0.3 is 0 Å². The van der Waals surface area contributed by atoms with Gasteiger partial charge in [-0.15, -0.1) is 6.58 Å². The highest BCUT2D eigenvalue weighted by molar-refractivity contribution is 7.89. The molecule has 2 rings (SSSR count). The molecule has 0 bridgehead atoms. The Bertz CT molecular complexity index is 681. The van der Waals surface area contributed by atoms with Crippen LogP contribution in [0.15, 0.2) is 35.7 Å². The molecule has 1 N–H and O–H groups in total. The highest BCUT2D eigenvalue weighted by Gasteiger charge is 2.23. The molecule has 23 heavy (non-hydrogen) atoms. The van der Waals surface area contributed by atoms with Crippen LogP contribution in [-0.2, 0) is 10.0 Å². The molecule has 1 heterocycles. The lowest BCUT2D eigenvalue weighted by atomic mass is 10.2. The van der Waals surface area contributed by atoms with Gasteiger partial charge in [-0.2, -0.15) is 0 Å². The van der Waals surface area contributed by atoms with Gasteiger partial charge in [-0.3, -0.25) is 4.79 Å². The second-order valence-corrected chi connectivity index (χ2v) is 7.23. The Hall–Kier alpha value is -1.73. The van der Waals surface area contributed by atoms with Gasteiger partial charge in [0.1, 0.15) is 10.7 Å². The number of halogens is 1. The molecule has 0 saturated carbocycles. The number of rotatable bonds is 5. The topological polar surface area (TPSA) is 66.5 Å². The van der Waals surface area contributed by atoms with Crippen molar-refractivity contribution < 1.29 is 17.6 Å². The smallest absolute Gasteiger partial charge is 0.253 e. The van der Waals surface area contributed by atoms with Crippen LogP contribution in [0.25, 0.3) is 0 Å². The summed E-state index contributed by atoms with van der Waals surface area (Å²) in [5, 5.41) is 0. The SMILES string of the molecule is C=CCNS(=O)(=O)c1cc(C(=O)N2CCCCCC2)ccc1F. The normalized spacial score (nSPS) is 16.0. The molecular weight excluding hydrogens is 319 g/mol. The second-order valence-electron chi connectivity index (χ2n) is 5.49. The maximum Gasteiger partial charge on any atom is 0.253 e. The molecular formula is C16H21FN2O3S. The minimum absolute atomic E-state index is 0.00786. The molecule has 5 nitrogen and oxygen atoms in total. The van der Waals surface area contributed by atoms with Crippen LogP contribution in [-0.4, -0.2) is 38.9 Å². The summed E-state index contributed by atoms with van der Waals surface area (Å²) < 4.78 is 40.3. The summed E-state index contributed by atoms with van der Waals surface area (Å²) in [6, 6.07) is 3.45. The number of amides is 1. The van der Waals surface area contributed by atoms with Crippen LogP contribution in [0.4, 0.5) is 4.39 Å². The number of sulfonamides is 1. The van der Waals surface area contributed by atoms with Crippen molar-refractivity contribution in [3.8, 4) is 0 Å². The lowest BCUT2D eigenvalue weighted by Gasteiger charge is -2.20. The molecule has 0 aliphatic carbocycles. The average molecular weight is 340 g/mol. The molecule has 1 aromatic carbocycles. The van der Waals surface area contributed by atoms with Crippen LogP contribution in [0.1, 0.15) is 36.0 Å². The van der Waals surface area contributed by atoms with E-state index in [9.17, 15) is 17.6 Å². The maximum atomic E-state index is 13.9. The number of carbonyl (C=O) groups is 1. The fourth-order valence-corrected chi connectivity index (χ4v) is 3.64. The summed E-state index contributed by atoms with van der Waals surface area (Å²) in [6.45, 7) is 4.70. The summed E-state index contributed by atoms with van der Waals surface area (Å²) >= 11 is 0. The Morgan fingerprint density at radius 3 is 2.52 bits per heavy atom. The van der Waals surface area contributed by atoms with Crippen molar-refractivity contribution >= 4 is 15.9 Å². The summed E-state index contributed by atoms with van der Waals surface area (Å²) in [5.41, 5.74) is 0.187. The predicted octanol–water partition coefficient (Wildman–Crippen LogP) is 2.31. The van der Waals surface area contributed by atoms with Gasteiger partial charge in [0.2, 0.25) is 10.0 Å². The van der Waals surface area contributed by atoms with Gasteiger partial charge in [0, 0.05) is 25.2 Å². The van der Waals surface area contributed by atoms with Gasteiger partial charge in [-0.05, 0) is 31.0 Å². The van der Waals surface area contributed by atoms with E-state index < -0.39 is 20.7 Å². The molecule has 0 aromatic heterocycles. The van der Waals surface area contributed by atoms with Crippen molar-refractivity contribution in [2.75, 3.05) is 19.6 Å². The van der Waals surface area contributed by atoms with E-state index in [0.29, 0.717) is 13.1 Å². The van der Waals surface area contributed by atoms with Crippen molar-refractivity contribution in [2.24, 2.45) is 0 Å². The van der Waals surface area contributed by atoms with Gasteiger partial charge < -0.3 is 4.90 Å². The maximum absolute atomic E-state index is 13.9. The van der Waals surface area contributed by atoms with E-state index >= 15 is 0 Å². The molecule has 126 valence electrons. The summed E-state index contributed by atoms with van der Waals surface area (Å²) in [4.78, 5) is 13.7. The van der Waals surface area contributed by atoms with Gasteiger partial charge in [0.15, 0.2) is 0 Å². The zero-order chi connectivity index (χ0) is 16.9. The van der Waals surface area contributed by atoms with Gasteiger partial charge in [0.25, 0.3) is 5.91 Å². The Morgan fingerprint density at radius 1 is 1.26 bits per heavy atom. The van der Waals surface area contributed by atoms with E-state index in [4.69, 9.17) is 0 Å². The largest absolute Gasteiger partial charge is 0.339 e. The van der Waals surface area contributed by atoms with Crippen LogP contribution >= 0.6 is 0 Å². The Labute approximate surface area is 136 Å². The number of hydrogen-bond donors (Lipinski definition) is 1. The van der Waals surface area contributed by atoms with E-state index in [1.807, 2.05) is 0 Å². The van der Waals surface area contributed by atoms with Crippen LogP contribution in [0, 0.1) is 5.82 Å². The van der Waals surface area contributed by atoms with Gasteiger partial charge in [0.05, 0.1) is 0 Å².